The van der Waals surface area contributed by atoms with Crippen molar-refractivity contribution in [3.05, 3.63) is 78.4 Å². The smallest absolute Gasteiger partial charge is 0.154 e. The highest BCUT2D eigenvalue weighted by Gasteiger charge is 2.11. The summed E-state index contributed by atoms with van der Waals surface area (Å²) in [6.45, 7) is 2.03. The van der Waals surface area contributed by atoms with Gasteiger partial charge in [-0.2, -0.15) is 4.53 Å². The molecule has 0 aliphatic carbocycles. The second kappa shape index (κ2) is 6.02. The zero-order valence-electron chi connectivity index (χ0n) is 13.2. The molecule has 0 aliphatic rings. The van der Waals surface area contributed by atoms with Gasteiger partial charge in [-0.1, -0.05) is 60.7 Å². The van der Waals surface area contributed by atoms with Crippen molar-refractivity contribution in [1.29, 1.82) is 0 Å². The molecule has 0 unspecified atom stereocenters. The summed E-state index contributed by atoms with van der Waals surface area (Å²) in [5.41, 5.74) is 6.15. The minimum Gasteiger partial charge on any atom is -0.266 e. The van der Waals surface area contributed by atoms with Crippen molar-refractivity contribution in [3.63, 3.8) is 0 Å². The fraction of sp³-hybridized carbons (Fsp3) is 0.0500. The number of hydrazine groups is 1. The van der Waals surface area contributed by atoms with Gasteiger partial charge in [0.15, 0.2) is 5.82 Å². The van der Waals surface area contributed by atoms with E-state index in [4.69, 9.17) is 16.8 Å². The minimum absolute atomic E-state index is 0.738. The third kappa shape index (κ3) is 2.53. The van der Waals surface area contributed by atoms with Gasteiger partial charge in [-0.3, -0.25) is 5.43 Å². The van der Waals surface area contributed by atoms with Gasteiger partial charge >= 0.3 is 0 Å². The first-order valence-corrected chi connectivity index (χ1v) is 8.13. The summed E-state index contributed by atoms with van der Waals surface area (Å²) in [7, 11) is 0. The van der Waals surface area contributed by atoms with Crippen LogP contribution in [0.3, 0.4) is 0 Å². The van der Waals surface area contributed by atoms with E-state index in [9.17, 15) is 0 Å². The molecule has 0 saturated heterocycles. The number of para-hydroxylation sites is 2. The lowest BCUT2D eigenvalue weighted by Gasteiger charge is -2.20. The van der Waals surface area contributed by atoms with Crippen LogP contribution in [0.25, 0.3) is 21.7 Å². The predicted molar refractivity (Wildman–Crippen MR) is 102 cm³/mol. The number of halogens is 1. The first-order chi connectivity index (χ1) is 11.7. The van der Waals surface area contributed by atoms with Crippen LogP contribution in [0.15, 0.2) is 72.8 Å². The number of hydrogen-bond acceptors (Lipinski definition) is 3. The molecule has 1 N–H and O–H groups in total. The largest absolute Gasteiger partial charge is 0.266 e. The Morgan fingerprint density at radius 1 is 0.792 bits per heavy atom. The zero-order chi connectivity index (χ0) is 16.5. The number of pyridine rings is 1. The SMILES string of the molecule is Cc1ccccc1N(Cl)Nc1nc2ccccc2c2ccccc12. The van der Waals surface area contributed by atoms with Crippen LogP contribution < -0.4 is 9.95 Å². The van der Waals surface area contributed by atoms with Crippen LogP contribution in [-0.2, 0) is 0 Å². The highest BCUT2D eigenvalue weighted by molar-refractivity contribution is 6.27. The minimum atomic E-state index is 0.738. The van der Waals surface area contributed by atoms with Crippen LogP contribution in [0.1, 0.15) is 5.56 Å². The molecule has 0 bridgehead atoms. The molecule has 0 radical (unpaired) electrons. The standard InChI is InChI=1S/C20H16ClN3/c1-14-8-2-7-13-19(14)24(21)23-20-17-11-4-3-9-15(17)16-10-5-6-12-18(16)22-20/h2-13H,1H3,(H,22,23). The molecule has 0 atom stereocenters. The highest BCUT2D eigenvalue weighted by atomic mass is 35.5. The van der Waals surface area contributed by atoms with E-state index in [0.717, 1.165) is 38.7 Å². The summed E-state index contributed by atoms with van der Waals surface area (Å²) in [6.07, 6.45) is 0. The fourth-order valence-electron chi connectivity index (χ4n) is 2.93. The van der Waals surface area contributed by atoms with Crippen molar-refractivity contribution in [2.45, 2.75) is 6.92 Å². The van der Waals surface area contributed by atoms with Crippen molar-refractivity contribution in [2.75, 3.05) is 9.95 Å². The molecule has 0 amide bonds. The molecule has 118 valence electrons. The van der Waals surface area contributed by atoms with E-state index in [1.54, 1.807) is 0 Å². The molecule has 4 heteroatoms. The van der Waals surface area contributed by atoms with E-state index >= 15 is 0 Å². The van der Waals surface area contributed by atoms with Gasteiger partial charge in [0.1, 0.15) is 0 Å². The van der Waals surface area contributed by atoms with Crippen LogP contribution >= 0.6 is 11.8 Å². The van der Waals surface area contributed by atoms with Crippen LogP contribution in [0.5, 0.6) is 0 Å². The molecular weight excluding hydrogens is 318 g/mol. The Kier molecular flexibility index (Phi) is 3.71. The number of nitrogens with one attached hydrogen (secondary N) is 1. The maximum absolute atomic E-state index is 6.48. The average molecular weight is 334 g/mol. The van der Waals surface area contributed by atoms with Crippen molar-refractivity contribution in [1.82, 2.24) is 4.98 Å². The molecule has 0 spiro atoms. The number of rotatable bonds is 3. The lowest BCUT2D eigenvalue weighted by molar-refractivity contribution is 1.21. The van der Waals surface area contributed by atoms with E-state index < -0.39 is 0 Å². The highest BCUT2D eigenvalue weighted by Crippen LogP contribution is 2.31. The second-order valence-corrected chi connectivity index (χ2v) is 6.04. The summed E-state index contributed by atoms with van der Waals surface area (Å²) in [5, 5.41) is 3.33. The number of anilines is 2. The molecule has 0 aliphatic heterocycles. The Bertz CT molecular complexity index is 1030. The van der Waals surface area contributed by atoms with Crippen LogP contribution in [0.2, 0.25) is 0 Å². The number of aromatic nitrogens is 1. The van der Waals surface area contributed by atoms with E-state index in [-0.39, 0.29) is 0 Å². The topological polar surface area (TPSA) is 28.2 Å². The number of benzene rings is 3. The van der Waals surface area contributed by atoms with Gasteiger partial charge in [-0.15, -0.1) is 0 Å². The summed E-state index contributed by atoms with van der Waals surface area (Å²) < 4.78 is 1.50. The lowest BCUT2D eigenvalue weighted by atomic mass is 10.1. The normalized spacial score (nSPS) is 10.9. The second-order valence-electron chi connectivity index (χ2n) is 5.70. The van der Waals surface area contributed by atoms with Crippen LogP contribution in [-0.4, -0.2) is 4.98 Å². The molecule has 3 nitrogen and oxygen atoms in total. The van der Waals surface area contributed by atoms with Crippen molar-refractivity contribution in [2.24, 2.45) is 0 Å². The zero-order valence-corrected chi connectivity index (χ0v) is 14.0. The Labute approximate surface area is 145 Å². The van der Waals surface area contributed by atoms with Crippen molar-refractivity contribution >= 4 is 45.0 Å². The third-order valence-corrected chi connectivity index (χ3v) is 4.41. The number of hydrogen-bond donors (Lipinski definition) is 1. The molecule has 0 saturated carbocycles. The lowest BCUT2D eigenvalue weighted by Crippen LogP contribution is -2.20. The molecular formula is C20H16ClN3. The molecule has 4 rings (SSSR count). The average Bonchev–Trinajstić information content (AvgIpc) is 2.62. The quantitative estimate of drug-likeness (QED) is 0.297. The Morgan fingerprint density at radius 2 is 1.42 bits per heavy atom. The number of aryl methyl sites for hydroxylation is 1. The molecule has 3 aromatic carbocycles. The monoisotopic (exact) mass is 333 g/mol. The summed E-state index contributed by atoms with van der Waals surface area (Å²) in [5.74, 6) is 0.738. The van der Waals surface area contributed by atoms with Gasteiger partial charge in [0, 0.05) is 22.5 Å². The van der Waals surface area contributed by atoms with Gasteiger partial charge < -0.3 is 0 Å². The van der Waals surface area contributed by atoms with Gasteiger partial charge in [0.05, 0.1) is 11.2 Å². The summed E-state index contributed by atoms with van der Waals surface area (Å²) in [6, 6.07) is 24.3. The number of nitrogens with zero attached hydrogens (tertiary/aromatic N) is 2. The molecule has 1 heterocycles. The Morgan fingerprint density at radius 3 is 2.21 bits per heavy atom. The van der Waals surface area contributed by atoms with E-state index in [2.05, 4.69) is 23.6 Å². The summed E-state index contributed by atoms with van der Waals surface area (Å²) in [4.78, 5) is 4.76. The number of fused-ring (bicyclic) bond motifs is 3. The van der Waals surface area contributed by atoms with E-state index in [0.29, 0.717) is 0 Å². The molecule has 1 aromatic heterocycles. The van der Waals surface area contributed by atoms with Gasteiger partial charge in [0.2, 0.25) is 0 Å². The van der Waals surface area contributed by atoms with Gasteiger partial charge in [-0.25, -0.2) is 4.98 Å². The maximum Gasteiger partial charge on any atom is 0.154 e. The third-order valence-electron chi connectivity index (χ3n) is 4.14. The van der Waals surface area contributed by atoms with Gasteiger partial charge in [0.25, 0.3) is 0 Å². The molecule has 24 heavy (non-hydrogen) atoms. The van der Waals surface area contributed by atoms with E-state index in [1.807, 2.05) is 61.5 Å². The van der Waals surface area contributed by atoms with Crippen molar-refractivity contribution < 1.29 is 0 Å². The van der Waals surface area contributed by atoms with Gasteiger partial charge in [-0.05, 0) is 30.0 Å². The fourth-order valence-corrected chi connectivity index (χ4v) is 3.20. The Hall–Kier alpha value is -2.78. The first-order valence-electron chi connectivity index (χ1n) is 7.80. The van der Waals surface area contributed by atoms with Crippen LogP contribution in [0.4, 0.5) is 11.5 Å². The maximum atomic E-state index is 6.48. The van der Waals surface area contributed by atoms with Crippen molar-refractivity contribution in [3.8, 4) is 0 Å². The molecule has 4 aromatic rings. The van der Waals surface area contributed by atoms with E-state index in [1.165, 1.54) is 4.53 Å². The first kappa shape index (κ1) is 14.8. The summed E-state index contributed by atoms with van der Waals surface area (Å²) >= 11 is 6.48. The Balaban J connectivity index is 1.85. The molecule has 0 fully saturated rings. The van der Waals surface area contributed by atoms with Crippen LogP contribution in [0, 0.1) is 6.92 Å². The predicted octanol–water partition coefficient (Wildman–Crippen LogP) is 5.68.